The van der Waals surface area contributed by atoms with Crippen LogP contribution in [-0.4, -0.2) is 25.1 Å². The number of hydrogen-bond acceptors (Lipinski definition) is 4. The number of ether oxygens (including phenoxy) is 2. The maximum absolute atomic E-state index is 11.3. The van der Waals surface area contributed by atoms with E-state index in [4.69, 9.17) is 15.2 Å². The number of primary amides is 1. The Labute approximate surface area is 124 Å². The number of hydrogen-bond donors (Lipinski definition) is 1. The minimum Gasteiger partial charge on any atom is -0.497 e. The summed E-state index contributed by atoms with van der Waals surface area (Å²) in [6.45, 7) is 0. The van der Waals surface area contributed by atoms with Crippen molar-refractivity contribution in [2.75, 3.05) is 7.11 Å². The summed E-state index contributed by atoms with van der Waals surface area (Å²) < 4.78 is 10.6. The standard InChI is InChI=1S/C16H21NO4/c1-20-13-7-5-12(6-8-13)14-4-2-3-9-16(14,10-11-18)21-15(17)19/h5-8,11,14H,2-4,9-10H2,1H3,(H2,17,19). The predicted octanol–water partition coefficient (Wildman–Crippen LogP) is 2.78. The Balaban J connectivity index is 2.34. The first-order valence-corrected chi connectivity index (χ1v) is 7.17. The summed E-state index contributed by atoms with van der Waals surface area (Å²) in [4.78, 5) is 22.4. The first-order chi connectivity index (χ1) is 10.1. The summed E-state index contributed by atoms with van der Waals surface area (Å²) in [6.07, 6.45) is 3.65. The lowest BCUT2D eigenvalue weighted by atomic mass is 9.70. The first kappa shape index (κ1) is 15.4. The molecule has 5 heteroatoms. The van der Waals surface area contributed by atoms with Crippen LogP contribution in [0.1, 0.15) is 43.6 Å². The Bertz CT molecular complexity index is 500. The number of benzene rings is 1. The lowest BCUT2D eigenvalue weighted by Gasteiger charge is -2.42. The van der Waals surface area contributed by atoms with Gasteiger partial charge < -0.3 is 20.0 Å². The molecule has 1 aliphatic carbocycles. The van der Waals surface area contributed by atoms with Gasteiger partial charge in [0.1, 0.15) is 17.6 Å². The van der Waals surface area contributed by atoms with E-state index in [1.165, 1.54) is 0 Å². The smallest absolute Gasteiger partial charge is 0.405 e. The summed E-state index contributed by atoms with van der Waals surface area (Å²) in [6, 6.07) is 7.66. The molecule has 1 aromatic carbocycles. The highest BCUT2D eigenvalue weighted by atomic mass is 16.6. The Morgan fingerprint density at radius 2 is 2.10 bits per heavy atom. The zero-order chi connectivity index (χ0) is 15.3. The van der Waals surface area contributed by atoms with Gasteiger partial charge in [0, 0.05) is 12.3 Å². The van der Waals surface area contributed by atoms with Crippen LogP contribution in [0.2, 0.25) is 0 Å². The molecule has 0 bridgehead atoms. The van der Waals surface area contributed by atoms with Crippen LogP contribution >= 0.6 is 0 Å². The van der Waals surface area contributed by atoms with Gasteiger partial charge in [-0.05, 0) is 37.0 Å². The number of rotatable bonds is 5. The van der Waals surface area contributed by atoms with Gasteiger partial charge >= 0.3 is 6.09 Å². The van der Waals surface area contributed by atoms with Crippen LogP contribution in [0.3, 0.4) is 0 Å². The molecule has 2 N–H and O–H groups in total. The van der Waals surface area contributed by atoms with Gasteiger partial charge in [-0.15, -0.1) is 0 Å². The Kier molecular flexibility index (Phi) is 4.83. The Morgan fingerprint density at radius 3 is 2.67 bits per heavy atom. The predicted molar refractivity (Wildman–Crippen MR) is 78.3 cm³/mol. The second-order valence-electron chi connectivity index (χ2n) is 5.43. The number of methoxy groups -OCH3 is 1. The molecular weight excluding hydrogens is 270 g/mol. The SMILES string of the molecule is COc1ccc(C2CCCCC2(CC=O)OC(N)=O)cc1. The van der Waals surface area contributed by atoms with Gasteiger partial charge in [-0.2, -0.15) is 0 Å². The summed E-state index contributed by atoms with van der Waals surface area (Å²) >= 11 is 0. The number of amides is 1. The van der Waals surface area contributed by atoms with Crippen LogP contribution < -0.4 is 10.5 Å². The topological polar surface area (TPSA) is 78.6 Å². The van der Waals surface area contributed by atoms with Crippen molar-refractivity contribution in [2.24, 2.45) is 5.73 Å². The Morgan fingerprint density at radius 1 is 1.38 bits per heavy atom. The summed E-state index contributed by atoms with van der Waals surface area (Å²) in [5.74, 6) is 0.751. The number of carbonyl (C=O) groups excluding carboxylic acids is 2. The van der Waals surface area contributed by atoms with Crippen LogP contribution in [0.5, 0.6) is 5.75 Å². The average molecular weight is 291 g/mol. The third-order valence-corrected chi connectivity index (χ3v) is 4.23. The van der Waals surface area contributed by atoms with Crippen molar-refractivity contribution in [2.45, 2.75) is 43.6 Å². The molecule has 0 spiro atoms. The molecule has 0 aliphatic heterocycles. The van der Waals surface area contributed by atoms with Gasteiger partial charge in [-0.1, -0.05) is 18.6 Å². The first-order valence-electron chi connectivity index (χ1n) is 7.17. The van der Waals surface area contributed by atoms with Crippen LogP contribution in [-0.2, 0) is 9.53 Å². The largest absolute Gasteiger partial charge is 0.497 e. The minimum absolute atomic E-state index is 0.0187. The molecule has 21 heavy (non-hydrogen) atoms. The van der Waals surface area contributed by atoms with E-state index in [1.54, 1.807) is 7.11 Å². The van der Waals surface area contributed by atoms with Crippen molar-refractivity contribution >= 4 is 12.4 Å². The van der Waals surface area contributed by atoms with Crippen molar-refractivity contribution in [3.05, 3.63) is 29.8 Å². The van der Waals surface area contributed by atoms with E-state index in [1.807, 2.05) is 24.3 Å². The van der Waals surface area contributed by atoms with E-state index in [-0.39, 0.29) is 12.3 Å². The second kappa shape index (κ2) is 6.61. The molecule has 2 unspecified atom stereocenters. The van der Waals surface area contributed by atoms with Crippen LogP contribution in [0, 0.1) is 0 Å². The highest BCUT2D eigenvalue weighted by Crippen LogP contribution is 2.45. The molecule has 5 nitrogen and oxygen atoms in total. The molecular formula is C16H21NO4. The normalized spacial score (nSPS) is 25.1. The van der Waals surface area contributed by atoms with Crippen molar-refractivity contribution in [3.8, 4) is 5.75 Å². The van der Waals surface area contributed by atoms with Crippen molar-refractivity contribution in [1.29, 1.82) is 0 Å². The summed E-state index contributed by atoms with van der Waals surface area (Å²) in [5, 5.41) is 0. The van der Waals surface area contributed by atoms with E-state index < -0.39 is 11.7 Å². The quantitative estimate of drug-likeness (QED) is 0.846. The highest BCUT2D eigenvalue weighted by Gasteiger charge is 2.44. The molecule has 2 atom stereocenters. The summed E-state index contributed by atoms with van der Waals surface area (Å²) in [5.41, 5.74) is 5.45. The molecule has 0 heterocycles. The fourth-order valence-electron chi connectivity index (χ4n) is 3.27. The fraction of sp³-hybridized carbons (Fsp3) is 0.500. The third kappa shape index (κ3) is 3.35. The molecule has 0 saturated heterocycles. The molecule has 0 radical (unpaired) electrons. The lowest BCUT2D eigenvalue weighted by Crippen LogP contribution is -2.45. The molecule has 1 aliphatic rings. The lowest BCUT2D eigenvalue weighted by molar-refractivity contribution is -0.115. The fourth-order valence-corrected chi connectivity index (χ4v) is 3.27. The Hall–Kier alpha value is -2.04. The molecule has 114 valence electrons. The number of carbonyl (C=O) groups is 2. The van der Waals surface area contributed by atoms with Crippen molar-refractivity contribution in [3.63, 3.8) is 0 Å². The van der Waals surface area contributed by atoms with Crippen molar-refractivity contribution < 1.29 is 19.1 Å². The molecule has 2 rings (SSSR count). The third-order valence-electron chi connectivity index (χ3n) is 4.23. The second-order valence-corrected chi connectivity index (χ2v) is 5.43. The molecule has 1 fully saturated rings. The van der Waals surface area contributed by atoms with Gasteiger partial charge in [0.25, 0.3) is 0 Å². The molecule has 0 aromatic heterocycles. The van der Waals surface area contributed by atoms with E-state index >= 15 is 0 Å². The number of nitrogens with two attached hydrogens (primary N) is 1. The van der Waals surface area contributed by atoms with Crippen LogP contribution in [0.15, 0.2) is 24.3 Å². The number of aldehydes is 1. The maximum Gasteiger partial charge on any atom is 0.405 e. The molecule has 1 aromatic rings. The van der Waals surface area contributed by atoms with Gasteiger partial charge in [0.2, 0.25) is 0 Å². The summed E-state index contributed by atoms with van der Waals surface area (Å²) in [7, 11) is 1.61. The van der Waals surface area contributed by atoms with Gasteiger partial charge in [-0.3, -0.25) is 0 Å². The highest BCUT2D eigenvalue weighted by molar-refractivity contribution is 5.66. The molecule has 1 amide bonds. The van der Waals surface area contributed by atoms with Gasteiger partial charge in [0.15, 0.2) is 0 Å². The van der Waals surface area contributed by atoms with Gasteiger partial charge in [0.05, 0.1) is 7.11 Å². The monoisotopic (exact) mass is 291 g/mol. The molecule has 1 saturated carbocycles. The van der Waals surface area contributed by atoms with Crippen LogP contribution in [0.4, 0.5) is 4.79 Å². The zero-order valence-electron chi connectivity index (χ0n) is 12.2. The average Bonchev–Trinajstić information content (AvgIpc) is 2.47. The minimum atomic E-state index is -0.822. The van der Waals surface area contributed by atoms with E-state index in [2.05, 4.69) is 0 Å². The van der Waals surface area contributed by atoms with E-state index in [9.17, 15) is 9.59 Å². The van der Waals surface area contributed by atoms with Gasteiger partial charge in [-0.25, -0.2) is 4.79 Å². The van der Waals surface area contributed by atoms with E-state index in [0.29, 0.717) is 6.42 Å². The van der Waals surface area contributed by atoms with E-state index in [0.717, 1.165) is 36.9 Å². The van der Waals surface area contributed by atoms with Crippen LogP contribution in [0.25, 0.3) is 0 Å². The zero-order valence-corrected chi connectivity index (χ0v) is 12.2. The van der Waals surface area contributed by atoms with Crippen molar-refractivity contribution in [1.82, 2.24) is 0 Å². The maximum atomic E-state index is 11.3.